The minimum Gasteiger partial charge on any atom is -0.378 e. The number of hydrogen-bond acceptors (Lipinski definition) is 3. The molecule has 128 valence electrons. The summed E-state index contributed by atoms with van der Waals surface area (Å²) in [5, 5.41) is 3.93. The lowest BCUT2D eigenvalue weighted by atomic mass is 10.2. The SMILES string of the molecule is O=c1c2cc(Br)ccc2nc(CNc2ccccc2)n1-c1ccccc1. The molecule has 0 fully saturated rings. The molecule has 4 rings (SSSR count). The smallest absolute Gasteiger partial charge is 0.266 e. The number of para-hydroxylation sites is 2. The standard InChI is InChI=1S/C21H16BrN3O/c22-15-11-12-19-18(13-15)21(26)25(17-9-5-2-6-10-17)20(24-19)14-23-16-7-3-1-4-8-16/h1-13,23H,14H2. The summed E-state index contributed by atoms with van der Waals surface area (Å²) in [5.41, 5.74) is 2.40. The second-order valence-electron chi connectivity index (χ2n) is 5.89. The van der Waals surface area contributed by atoms with Gasteiger partial charge in [-0.15, -0.1) is 0 Å². The average molecular weight is 406 g/mol. The molecular formula is C21H16BrN3O. The fourth-order valence-corrected chi connectivity index (χ4v) is 3.26. The number of nitrogens with one attached hydrogen (secondary N) is 1. The fraction of sp³-hybridized carbons (Fsp3) is 0.0476. The summed E-state index contributed by atoms with van der Waals surface area (Å²) in [5.74, 6) is 0.667. The Morgan fingerprint density at radius 1 is 0.923 bits per heavy atom. The lowest BCUT2D eigenvalue weighted by molar-refractivity contribution is 0.839. The van der Waals surface area contributed by atoms with E-state index in [2.05, 4.69) is 21.2 Å². The average Bonchev–Trinajstić information content (AvgIpc) is 2.68. The minimum atomic E-state index is -0.0765. The maximum atomic E-state index is 13.2. The van der Waals surface area contributed by atoms with Gasteiger partial charge < -0.3 is 5.32 Å². The summed E-state index contributed by atoms with van der Waals surface area (Å²) in [6, 6.07) is 25.1. The molecule has 0 aliphatic heterocycles. The number of aromatic nitrogens is 2. The number of halogens is 1. The maximum Gasteiger partial charge on any atom is 0.266 e. The first-order chi connectivity index (χ1) is 12.7. The second-order valence-corrected chi connectivity index (χ2v) is 6.80. The topological polar surface area (TPSA) is 46.9 Å². The van der Waals surface area contributed by atoms with E-state index in [0.29, 0.717) is 23.3 Å². The minimum absolute atomic E-state index is 0.0765. The molecule has 0 saturated carbocycles. The molecule has 0 unspecified atom stereocenters. The van der Waals surface area contributed by atoms with Crippen LogP contribution in [0.5, 0.6) is 0 Å². The highest BCUT2D eigenvalue weighted by atomic mass is 79.9. The van der Waals surface area contributed by atoms with Crippen LogP contribution in [0.25, 0.3) is 16.6 Å². The lowest BCUT2D eigenvalue weighted by Gasteiger charge is -2.15. The molecule has 1 N–H and O–H groups in total. The van der Waals surface area contributed by atoms with Crippen LogP contribution in [0.3, 0.4) is 0 Å². The van der Waals surface area contributed by atoms with Crippen molar-refractivity contribution in [2.24, 2.45) is 0 Å². The van der Waals surface area contributed by atoms with Crippen molar-refractivity contribution in [3.8, 4) is 5.69 Å². The van der Waals surface area contributed by atoms with Gasteiger partial charge in [0.15, 0.2) is 0 Å². The molecule has 5 heteroatoms. The molecule has 0 atom stereocenters. The van der Waals surface area contributed by atoms with E-state index in [9.17, 15) is 4.79 Å². The van der Waals surface area contributed by atoms with Crippen molar-refractivity contribution in [1.82, 2.24) is 9.55 Å². The van der Waals surface area contributed by atoms with Crippen LogP contribution in [-0.2, 0) is 6.54 Å². The van der Waals surface area contributed by atoms with Crippen LogP contribution in [0.1, 0.15) is 5.82 Å². The van der Waals surface area contributed by atoms with E-state index in [-0.39, 0.29) is 5.56 Å². The van der Waals surface area contributed by atoms with E-state index in [1.165, 1.54) is 0 Å². The Bertz CT molecular complexity index is 1110. The Balaban J connectivity index is 1.87. The van der Waals surface area contributed by atoms with E-state index in [1.54, 1.807) is 4.57 Å². The van der Waals surface area contributed by atoms with Gasteiger partial charge in [0.2, 0.25) is 0 Å². The van der Waals surface area contributed by atoms with Crippen molar-refractivity contribution in [3.63, 3.8) is 0 Å². The molecule has 1 heterocycles. The highest BCUT2D eigenvalue weighted by Crippen LogP contribution is 2.18. The van der Waals surface area contributed by atoms with E-state index in [4.69, 9.17) is 4.98 Å². The Hall–Kier alpha value is -2.92. The summed E-state index contributed by atoms with van der Waals surface area (Å²) in [4.78, 5) is 17.9. The monoisotopic (exact) mass is 405 g/mol. The van der Waals surface area contributed by atoms with Crippen molar-refractivity contribution < 1.29 is 0 Å². The molecule has 0 aliphatic rings. The van der Waals surface area contributed by atoms with Crippen LogP contribution in [0.4, 0.5) is 5.69 Å². The number of fused-ring (bicyclic) bond motifs is 1. The first-order valence-corrected chi connectivity index (χ1v) is 9.07. The van der Waals surface area contributed by atoms with Gasteiger partial charge in [-0.3, -0.25) is 9.36 Å². The molecule has 4 nitrogen and oxygen atoms in total. The molecule has 1 aromatic heterocycles. The summed E-state index contributed by atoms with van der Waals surface area (Å²) < 4.78 is 2.53. The first-order valence-electron chi connectivity index (χ1n) is 8.28. The molecule has 0 spiro atoms. The third-order valence-corrected chi connectivity index (χ3v) is 4.63. The van der Waals surface area contributed by atoms with E-state index in [0.717, 1.165) is 15.8 Å². The van der Waals surface area contributed by atoms with Gasteiger partial charge in [-0.1, -0.05) is 52.3 Å². The predicted octanol–water partition coefficient (Wildman–Crippen LogP) is 4.76. The second kappa shape index (κ2) is 7.14. The van der Waals surface area contributed by atoms with Crippen LogP contribution < -0.4 is 10.9 Å². The van der Waals surface area contributed by atoms with Crippen LogP contribution in [0.2, 0.25) is 0 Å². The number of benzene rings is 3. The summed E-state index contributed by atoms with van der Waals surface area (Å²) in [7, 11) is 0. The third kappa shape index (κ3) is 3.26. The predicted molar refractivity (Wildman–Crippen MR) is 109 cm³/mol. The quantitative estimate of drug-likeness (QED) is 0.532. The fourth-order valence-electron chi connectivity index (χ4n) is 2.90. The van der Waals surface area contributed by atoms with Crippen molar-refractivity contribution >= 4 is 32.5 Å². The van der Waals surface area contributed by atoms with E-state index >= 15 is 0 Å². The Kier molecular flexibility index (Phi) is 4.54. The van der Waals surface area contributed by atoms with Gasteiger partial charge in [-0.05, 0) is 42.5 Å². The van der Waals surface area contributed by atoms with E-state index < -0.39 is 0 Å². The van der Waals surface area contributed by atoms with Gasteiger partial charge in [0.05, 0.1) is 23.1 Å². The molecule has 4 aromatic rings. The Morgan fingerprint density at radius 3 is 2.35 bits per heavy atom. The van der Waals surface area contributed by atoms with Gasteiger partial charge in [0.1, 0.15) is 5.82 Å². The molecule has 0 radical (unpaired) electrons. The Labute approximate surface area is 159 Å². The summed E-state index contributed by atoms with van der Waals surface area (Å²) in [6.07, 6.45) is 0. The van der Waals surface area contributed by atoms with Gasteiger partial charge in [0.25, 0.3) is 5.56 Å². The van der Waals surface area contributed by atoms with Crippen molar-refractivity contribution in [1.29, 1.82) is 0 Å². The van der Waals surface area contributed by atoms with Crippen LogP contribution in [-0.4, -0.2) is 9.55 Å². The zero-order valence-electron chi connectivity index (χ0n) is 13.9. The highest BCUT2D eigenvalue weighted by Gasteiger charge is 2.13. The van der Waals surface area contributed by atoms with Gasteiger partial charge in [-0.25, -0.2) is 4.98 Å². The lowest BCUT2D eigenvalue weighted by Crippen LogP contribution is -2.25. The van der Waals surface area contributed by atoms with Crippen molar-refractivity contribution in [3.05, 3.63) is 99.5 Å². The molecule has 0 aliphatic carbocycles. The van der Waals surface area contributed by atoms with Crippen molar-refractivity contribution in [2.75, 3.05) is 5.32 Å². The molecule has 0 amide bonds. The normalized spacial score (nSPS) is 10.8. The van der Waals surface area contributed by atoms with Crippen molar-refractivity contribution in [2.45, 2.75) is 6.54 Å². The number of nitrogens with zero attached hydrogens (tertiary/aromatic N) is 2. The number of anilines is 1. The van der Waals surface area contributed by atoms with Gasteiger partial charge in [0, 0.05) is 10.2 Å². The van der Waals surface area contributed by atoms with Gasteiger partial charge >= 0.3 is 0 Å². The molecule has 0 bridgehead atoms. The first kappa shape index (κ1) is 16.5. The molecule has 26 heavy (non-hydrogen) atoms. The maximum absolute atomic E-state index is 13.2. The van der Waals surface area contributed by atoms with Gasteiger partial charge in [-0.2, -0.15) is 0 Å². The number of hydrogen-bond donors (Lipinski definition) is 1. The highest BCUT2D eigenvalue weighted by molar-refractivity contribution is 9.10. The van der Waals surface area contributed by atoms with E-state index in [1.807, 2.05) is 78.9 Å². The Morgan fingerprint density at radius 2 is 1.62 bits per heavy atom. The molecule has 0 saturated heterocycles. The largest absolute Gasteiger partial charge is 0.378 e. The van der Waals surface area contributed by atoms with Crippen LogP contribution >= 0.6 is 15.9 Å². The molecule has 3 aromatic carbocycles. The zero-order valence-corrected chi connectivity index (χ0v) is 15.5. The summed E-state index contributed by atoms with van der Waals surface area (Å²) >= 11 is 3.44. The zero-order chi connectivity index (χ0) is 17.9. The number of rotatable bonds is 4. The van der Waals surface area contributed by atoms with Crippen LogP contribution in [0, 0.1) is 0 Å². The van der Waals surface area contributed by atoms with Crippen LogP contribution in [0.15, 0.2) is 88.1 Å². The third-order valence-electron chi connectivity index (χ3n) is 4.14. The molecular weight excluding hydrogens is 390 g/mol. The summed E-state index contributed by atoms with van der Waals surface area (Å²) in [6.45, 7) is 0.445.